The van der Waals surface area contributed by atoms with Crippen LogP contribution in [0.3, 0.4) is 0 Å². The van der Waals surface area contributed by atoms with Crippen molar-refractivity contribution in [3.05, 3.63) is 66.2 Å². The van der Waals surface area contributed by atoms with Gasteiger partial charge < -0.3 is 14.7 Å². The standard InChI is InChI=1S/C18H12N2O3/c21-13-6-5-11-8-16(19-10-12(11)7-13)18-9-15(20-22)14-3-1-2-4-17(14)23-18/h1-10,21-22H/b20-15-. The maximum absolute atomic E-state index is 9.52. The van der Waals surface area contributed by atoms with Crippen molar-refractivity contribution < 1.29 is 14.7 Å². The van der Waals surface area contributed by atoms with Crippen molar-refractivity contribution in [2.45, 2.75) is 0 Å². The fourth-order valence-electron chi connectivity index (χ4n) is 2.59. The van der Waals surface area contributed by atoms with Crippen molar-refractivity contribution in [2.24, 2.45) is 5.16 Å². The van der Waals surface area contributed by atoms with E-state index in [-0.39, 0.29) is 5.75 Å². The highest BCUT2D eigenvalue weighted by Crippen LogP contribution is 2.25. The van der Waals surface area contributed by atoms with E-state index < -0.39 is 0 Å². The van der Waals surface area contributed by atoms with Gasteiger partial charge in [0.15, 0.2) is 5.76 Å². The highest BCUT2D eigenvalue weighted by Gasteiger charge is 2.08. The maximum Gasteiger partial charge on any atom is 0.155 e. The molecular formula is C18H12N2O3. The number of benzene rings is 2. The summed E-state index contributed by atoms with van der Waals surface area (Å²) in [7, 11) is 0. The SMILES string of the molecule is O/N=c1/cc(-c2cc3ccc(O)cc3cn2)oc2ccccc12. The molecule has 5 nitrogen and oxygen atoms in total. The Hall–Kier alpha value is -3.34. The molecule has 4 rings (SSSR count). The van der Waals surface area contributed by atoms with Crippen LogP contribution in [0, 0.1) is 0 Å². The predicted octanol–water partition coefficient (Wildman–Crippen LogP) is 3.64. The molecule has 112 valence electrons. The van der Waals surface area contributed by atoms with E-state index in [0.29, 0.717) is 22.4 Å². The zero-order valence-corrected chi connectivity index (χ0v) is 12.0. The van der Waals surface area contributed by atoms with Crippen molar-refractivity contribution >= 4 is 21.7 Å². The molecule has 0 saturated heterocycles. The quantitative estimate of drug-likeness (QED) is 0.415. The first-order valence-corrected chi connectivity index (χ1v) is 7.05. The number of fused-ring (bicyclic) bond motifs is 2. The molecule has 0 aliphatic rings. The van der Waals surface area contributed by atoms with Crippen LogP contribution >= 0.6 is 0 Å². The Bertz CT molecular complexity index is 1100. The molecule has 0 bridgehead atoms. The molecule has 0 unspecified atom stereocenters. The summed E-state index contributed by atoms with van der Waals surface area (Å²) < 4.78 is 5.88. The van der Waals surface area contributed by atoms with Crippen LogP contribution in [0.1, 0.15) is 0 Å². The predicted molar refractivity (Wildman–Crippen MR) is 86.0 cm³/mol. The summed E-state index contributed by atoms with van der Waals surface area (Å²) in [4.78, 5) is 4.37. The minimum Gasteiger partial charge on any atom is -0.508 e. The number of aromatic nitrogens is 1. The van der Waals surface area contributed by atoms with E-state index in [1.54, 1.807) is 24.4 Å². The van der Waals surface area contributed by atoms with Gasteiger partial charge in [0, 0.05) is 23.0 Å². The van der Waals surface area contributed by atoms with Crippen LogP contribution in [-0.4, -0.2) is 15.3 Å². The number of phenols is 1. The van der Waals surface area contributed by atoms with Crippen molar-refractivity contribution in [3.63, 3.8) is 0 Å². The third-order valence-electron chi connectivity index (χ3n) is 3.72. The van der Waals surface area contributed by atoms with Crippen LogP contribution in [0.5, 0.6) is 5.75 Å². The average molecular weight is 304 g/mol. The number of hydrogen-bond acceptors (Lipinski definition) is 5. The normalized spacial score (nSPS) is 12.1. The summed E-state index contributed by atoms with van der Waals surface area (Å²) >= 11 is 0. The molecule has 0 aliphatic heterocycles. The first-order valence-electron chi connectivity index (χ1n) is 7.05. The molecule has 0 aliphatic carbocycles. The molecule has 0 fully saturated rings. The van der Waals surface area contributed by atoms with E-state index in [1.807, 2.05) is 36.4 Å². The van der Waals surface area contributed by atoms with Crippen LogP contribution in [0.15, 0.2) is 70.4 Å². The molecule has 0 saturated carbocycles. The van der Waals surface area contributed by atoms with Crippen LogP contribution in [0.25, 0.3) is 33.2 Å². The number of para-hydroxylation sites is 1. The van der Waals surface area contributed by atoms with Gasteiger partial charge in [-0.25, -0.2) is 0 Å². The van der Waals surface area contributed by atoms with E-state index in [0.717, 1.165) is 16.2 Å². The van der Waals surface area contributed by atoms with Crippen molar-refractivity contribution in [3.8, 4) is 17.2 Å². The summed E-state index contributed by atoms with van der Waals surface area (Å²) in [6, 6.07) is 16.0. The Morgan fingerprint density at radius 2 is 1.83 bits per heavy atom. The van der Waals surface area contributed by atoms with Gasteiger partial charge >= 0.3 is 0 Å². The maximum atomic E-state index is 9.52. The molecule has 4 aromatic rings. The first kappa shape index (κ1) is 13.3. The lowest BCUT2D eigenvalue weighted by Crippen LogP contribution is -2.03. The summed E-state index contributed by atoms with van der Waals surface area (Å²) in [5.74, 6) is 0.704. The molecule has 5 heteroatoms. The van der Waals surface area contributed by atoms with Gasteiger partial charge in [0.2, 0.25) is 0 Å². The molecule has 2 aromatic heterocycles. The van der Waals surface area contributed by atoms with Gasteiger partial charge in [-0.2, -0.15) is 0 Å². The summed E-state index contributed by atoms with van der Waals surface area (Å²) in [6.45, 7) is 0. The van der Waals surface area contributed by atoms with E-state index in [4.69, 9.17) is 4.42 Å². The zero-order chi connectivity index (χ0) is 15.8. The molecule has 2 N–H and O–H groups in total. The lowest BCUT2D eigenvalue weighted by molar-refractivity contribution is 0.302. The van der Waals surface area contributed by atoms with Gasteiger partial charge in [0.25, 0.3) is 0 Å². The highest BCUT2D eigenvalue weighted by atomic mass is 16.4. The molecule has 0 atom stereocenters. The van der Waals surface area contributed by atoms with Crippen LogP contribution in [0.2, 0.25) is 0 Å². The molecule has 23 heavy (non-hydrogen) atoms. The van der Waals surface area contributed by atoms with Crippen molar-refractivity contribution in [1.82, 2.24) is 4.98 Å². The second-order valence-corrected chi connectivity index (χ2v) is 5.19. The molecular weight excluding hydrogens is 292 g/mol. The van der Waals surface area contributed by atoms with Gasteiger partial charge in [0.05, 0.1) is 0 Å². The second-order valence-electron chi connectivity index (χ2n) is 5.19. The monoisotopic (exact) mass is 304 g/mol. The molecule has 2 heterocycles. The number of aromatic hydroxyl groups is 1. The molecule has 0 spiro atoms. The summed E-state index contributed by atoms with van der Waals surface area (Å²) in [5.41, 5.74) is 1.24. The van der Waals surface area contributed by atoms with Crippen molar-refractivity contribution in [1.29, 1.82) is 0 Å². The Balaban J connectivity index is 1.97. The van der Waals surface area contributed by atoms with E-state index >= 15 is 0 Å². The fraction of sp³-hybridized carbons (Fsp3) is 0. The van der Waals surface area contributed by atoms with Crippen molar-refractivity contribution in [2.75, 3.05) is 0 Å². The fourth-order valence-corrected chi connectivity index (χ4v) is 2.59. The van der Waals surface area contributed by atoms with Crippen LogP contribution < -0.4 is 5.36 Å². The lowest BCUT2D eigenvalue weighted by atomic mass is 10.1. The smallest absolute Gasteiger partial charge is 0.155 e. The van der Waals surface area contributed by atoms with Gasteiger partial charge in [0.1, 0.15) is 22.4 Å². The Labute approximate surface area is 130 Å². The van der Waals surface area contributed by atoms with E-state index in [2.05, 4.69) is 10.1 Å². The molecule has 0 amide bonds. The number of hydrogen-bond donors (Lipinski definition) is 2. The number of pyridine rings is 1. The van der Waals surface area contributed by atoms with Crippen LogP contribution in [0.4, 0.5) is 0 Å². The largest absolute Gasteiger partial charge is 0.508 e. The second kappa shape index (κ2) is 5.14. The Morgan fingerprint density at radius 3 is 2.70 bits per heavy atom. The Morgan fingerprint density at radius 1 is 0.957 bits per heavy atom. The number of nitrogens with zero attached hydrogens (tertiary/aromatic N) is 2. The minimum atomic E-state index is 0.198. The summed E-state index contributed by atoms with van der Waals surface area (Å²) in [6.07, 6.45) is 1.67. The van der Waals surface area contributed by atoms with Gasteiger partial charge in [-0.1, -0.05) is 23.4 Å². The van der Waals surface area contributed by atoms with Gasteiger partial charge in [-0.3, -0.25) is 4.98 Å². The summed E-state index contributed by atoms with van der Waals surface area (Å²) in [5, 5.41) is 25.0. The lowest BCUT2D eigenvalue weighted by Gasteiger charge is -2.05. The minimum absolute atomic E-state index is 0.198. The third kappa shape index (κ3) is 2.28. The molecule has 0 radical (unpaired) electrons. The molecule has 2 aromatic carbocycles. The topological polar surface area (TPSA) is 78.9 Å². The van der Waals surface area contributed by atoms with E-state index in [9.17, 15) is 10.3 Å². The zero-order valence-electron chi connectivity index (χ0n) is 12.0. The van der Waals surface area contributed by atoms with Gasteiger partial charge in [-0.15, -0.1) is 0 Å². The number of rotatable bonds is 1. The Kier molecular flexibility index (Phi) is 2.98. The average Bonchev–Trinajstić information content (AvgIpc) is 2.60. The first-order chi connectivity index (χ1) is 11.2. The van der Waals surface area contributed by atoms with E-state index in [1.165, 1.54) is 0 Å². The third-order valence-corrected chi connectivity index (χ3v) is 3.72. The number of phenolic OH excluding ortho intramolecular Hbond substituents is 1. The van der Waals surface area contributed by atoms with Crippen LogP contribution in [-0.2, 0) is 0 Å². The van der Waals surface area contributed by atoms with Gasteiger partial charge in [-0.05, 0) is 35.7 Å². The highest BCUT2D eigenvalue weighted by molar-refractivity contribution is 5.86.